The molecule has 0 saturated heterocycles. The van der Waals surface area contributed by atoms with Gasteiger partial charge in [-0.2, -0.15) is 0 Å². The molecule has 0 aliphatic heterocycles. The average molecular weight is 404 g/mol. The van der Waals surface area contributed by atoms with Crippen LogP contribution >= 0.6 is 23.2 Å². The summed E-state index contributed by atoms with van der Waals surface area (Å²) in [4.78, 5) is 12.5. The molecule has 3 aliphatic rings. The van der Waals surface area contributed by atoms with Crippen LogP contribution in [0.2, 0.25) is 10.0 Å². The zero-order valence-corrected chi connectivity index (χ0v) is 15.8. The van der Waals surface area contributed by atoms with Crippen molar-refractivity contribution in [1.29, 1.82) is 0 Å². The predicted molar refractivity (Wildman–Crippen MR) is 95.7 cm³/mol. The molecule has 3 fully saturated rings. The maximum absolute atomic E-state index is 15.1. The lowest BCUT2D eigenvalue weighted by Crippen LogP contribution is -2.52. The number of phenolic OH excluding ortho intramolecular Hbond substituents is 1. The fourth-order valence-corrected chi connectivity index (χ4v) is 6.29. The van der Waals surface area contributed by atoms with Crippen LogP contribution in [0.15, 0.2) is 6.07 Å². The molecule has 3 nitrogen and oxygen atoms in total. The first kappa shape index (κ1) is 18.3. The van der Waals surface area contributed by atoms with Gasteiger partial charge in [0.15, 0.2) is 11.6 Å². The van der Waals surface area contributed by atoms with Crippen LogP contribution in [0.1, 0.15) is 62.8 Å². The molecule has 0 spiro atoms. The van der Waals surface area contributed by atoms with Crippen molar-refractivity contribution in [2.75, 3.05) is 0 Å². The van der Waals surface area contributed by atoms with Crippen molar-refractivity contribution in [2.24, 2.45) is 16.6 Å². The summed E-state index contributed by atoms with van der Waals surface area (Å²) in [6.45, 7) is 0. The average Bonchev–Trinajstić information content (AvgIpc) is 3.04. The molecule has 0 aromatic heterocycles. The lowest BCUT2D eigenvalue weighted by molar-refractivity contribution is -0.138. The number of fused-ring (bicyclic) bond motifs is 2. The number of amides is 1. The van der Waals surface area contributed by atoms with E-state index in [4.69, 9.17) is 28.9 Å². The standard InChI is InChI=1S/C19H21Cl2F2NO2/c20-10-8-11(25)14(22)12(13(10)21)15(19(16(24)26)2-1-3-19)17-4-6-18(23,9-17)7-5-17/h8,15,25H,1-7,9H2,(H2,24,26)/t15-,17?,18?/m0/s1. The first-order valence-corrected chi connectivity index (χ1v) is 9.75. The number of primary amides is 1. The van der Waals surface area contributed by atoms with Gasteiger partial charge in [0, 0.05) is 17.5 Å². The second kappa shape index (κ2) is 5.71. The molecule has 7 heteroatoms. The highest BCUT2D eigenvalue weighted by Gasteiger charge is 2.65. The quantitative estimate of drug-likeness (QED) is 0.674. The van der Waals surface area contributed by atoms with E-state index in [9.17, 15) is 14.3 Å². The van der Waals surface area contributed by atoms with Crippen LogP contribution in [-0.2, 0) is 4.79 Å². The second-order valence-electron chi connectivity index (χ2n) is 8.42. The summed E-state index contributed by atoms with van der Waals surface area (Å²) in [5.41, 5.74) is 2.97. The minimum Gasteiger partial charge on any atom is -0.505 e. The summed E-state index contributed by atoms with van der Waals surface area (Å²) in [7, 11) is 0. The number of rotatable bonds is 4. The molecule has 0 unspecified atom stereocenters. The highest BCUT2D eigenvalue weighted by molar-refractivity contribution is 6.42. The van der Waals surface area contributed by atoms with Crippen molar-refractivity contribution in [2.45, 2.75) is 63.0 Å². The van der Waals surface area contributed by atoms with E-state index in [1.165, 1.54) is 0 Å². The Balaban J connectivity index is 1.96. The van der Waals surface area contributed by atoms with Crippen LogP contribution in [0.4, 0.5) is 8.78 Å². The lowest BCUT2D eigenvalue weighted by Gasteiger charge is -2.52. The van der Waals surface area contributed by atoms with E-state index in [-0.39, 0.29) is 22.0 Å². The zero-order chi connectivity index (χ0) is 18.9. The number of halogens is 4. The second-order valence-corrected chi connectivity index (χ2v) is 9.20. The van der Waals surface area contributed by atoms with Gasteiger partial charge in [0.25, 0.3) is 0 Å². The Morgan fingerprint density at radius 2 is 1.81 bits per heavy atom. The molecule has 142 valence electrons. The monoisotopic (exact) mass is 403 g/mol. The van der Waals surface area contributed by atoms with Gasteiger partial charge >= 0.3 is 0 Å². The van der Waals surface area contributed by atoms with Gasteiger partial charge in [-0.1, -0.05) is 29.6 Å². The molecule has 1 aromatic carbocycles. The third kappa shape index (κ3) is 2.32. The third-order valence-corrected chi connectivity index (χ3v) is 7.97. The predicted octanol–water partition coefficient (Wildman–Crippen LogP) is 5.25. The molecule has 3 aliphatic carbocycles. The van der Waals surface area contributed by atoms with Crippen molar-refractivity contribution >= 4 is 29.1 Å². The fraction of sp³-hybridized carbons (Fsp3) is 0.632. The zero-order valence-electron chi connectivity index (χ0n) is 14.3. The highest BCUT2D eigenvalue weighted by Crippen LogP contribution is 2.71. The van der Waals surface area contributed by atoms with E-state index < -0.39 is 39.9 Å². The maximum atomic E-state index is 15.1. The van der Waals surface area contributed by atoms with Crippen LogP contribution in [-0.4, -0.2) is 16.7 Å². The Morgan fingerprint density at radius 1 is 1.19 bits per heavy atom. The molecule has 1 atom stereocenters. The van der Waals surface area contributed by atoms with Crippen LogP contribution < -0.4 is 5.73 Å². The van der Waals surface area contributed by atoms with Gasteiger partial charge < -0.3 is 10.8 Å². The first-order valence-electron chi connectivity index (χ1n) is 8.99. The third-order valence-electron chi connectivity index (χ3n) is 7.17. The molecule has 2 bridgehead atoms. The molecule has 1 aromatic rings. The Kier molecular flexibility index (Phi) is 4.02. The largest absolute Gasteiger partial charge is 0.505 e. The molecule has 0 radical (unpaired) electrons. The number of hydrogen-bond acceptors (Lipinski definition) is 2. The van der Waals surface area contributed by atoms with E-state index in [0.717, 1.165) is 12.5 Å². The molecule has 3 saturated carbocycles. The molecule has 0 heterocycles. The highest BCUT2D eigenvalue weighted by atomic mass is 35.5. The van der Waals surface area contributed by atoms with Crippen LogP contribution in [0.3, 0.4) is 0 Å². The van der Waals surface area contributed by atoms with Crippen LogP contribution in [0, 0.1) is 16.6 Å². The van der Waals surface area contributed by atoms with Gasteiger partial charge in [-0.05, 0) is 50.4 Å². The number of carbonyl (C=O) groups excluding carboxylic acids is 1. The number of hydrogen-bond donors (Lipinski definition) is 2. The Hall–Kier alpha value is -1.07. The van der Waals surface area contributed by atoms with Crippen molar-refractivity contribution in [3.63, 3.8) is 0 Å². The van der Waals surface area contributed by atoms with E-state index in [2.05, 4.69) is 0 Å². The molecular formula is C19H21Cl2F2NO2. The number of aromatic hydroxyl groups is 1. The Bertz CT molecular complexity index is 760. The van der Waals surface area contributed by atoms with Crippen LogP contribution in [0.25, 0.3) is 0 Å². The molecule has 4 rings (SSSR count). The normalized spacial score (nSPS) is 33.1. The summed E-state index contributed by atoms with van der Waals surface area (Å²) >= 11 is 12.5. The summed E-state index contributed by atoms with van der Waals surface area (Å²) in [5, 5.41) is 10.0. The van der Waals surface area contributed by atoms with E-state index in [1.54, 1.807) is 0 Å². The number of phenols is 1. The van der Waals surface area contributed by atoms with Gasteiger partial charge in [-0.15, -0.1) is 0 Å². The van der Waals surface area contributed by atoms with Crippen molar-refractivity contribution < 1.29 is 18.7 Å². The van der Waals surface area contributed by atoms with Gasteiger partial charge in [-0.3, -0.25) is 4.79 Å². The van der Waals surface area contributed by atoms with E-state index in [0.29, 0.717) is 38.5 Å². The number of carbonyl (C=O) groups is 1. The smallest absolute Gasteiger partial charge is 0.224 e. The minimum atomic E-state index is -1.27. The van der Waals surface area contributed by atoms with Crippen LogP contribution in [0.5, 0.6) is 5.75 Å². The molecule has 1 amide bonds. The Morgan fingerprint density at radius 3 is 2.23 bits per heavy atom. The van der Waals surface area contributed by atoms with Gasteiger partial charge in [0.1, 0.15) is 5.67 Å². The van der Waals surface area contributed by atoms with E-state index in [1.807, 2.05) is 0 Å². The Labute approximate surface area is 160 Å². The number of benzene rings is 1. The van der Waals surface area contributed by atoms with Crippen molar-refractivity contribution in [1.82, 2.24) is 0 Å². The number of alkyl halides is 1. The maximum Gasteiger partial charge on any atom is 0.224 e. The molecule has 3 N–H and O–H groups in total. The summed E-state index contributed by atoms with van der Waals surface area (Å²) in [5.74, 6) is -2.69. The molecular weight excluding hydrogens is 383 g/mol. The van der Waals surface area contributed by atoms with E-state index >= 15 is 4.39 Å². The molecule has 26 heavy (non-hydrogen) atoms. The van der Waals surface area contributed by atoms with Gasteiger partial charge in [-0.25, -0.2) is 8.78 Å². The first-order chi connectivity index (χ1) is 12.1. The fourth-order valence-electron chi connectivity index (χ4n) is 5.84. The van der Waals surface area contributed by atoms with Gasteiger partial charge in [0.05, 0.1) is 15.5 Å². The van der Waals surface area contributed by atoms with Gasteiger partial charge in [0.2, 0.25) is 5.91 Å². The minimum absolute atomic E-state index is 0.0166. The SMILES string of the molecule is NC(=O)C1([C@@H](c2c(F)c(O)cc(Cl)c2Cl)C23CCC(F)(CC2)C3)CCC1. The summed E-state index contributed by atoms with van der Waals surface area (Å²) in [6, 6.07) is 1.05. The van der Waals surface area contributed by atoms with Crippen molar-refractivity contribution in [3.05, 3.63) is 27.5 Å². The number of nitrogens with two attached hydrogens (primary N) is 1. The topological polar surface area (TPSA) is 63.3 Å². The summed E-state index contributed by atoms with van der Waals surface area (Å²) < 4.78 is 30.0. The summed E-state index contributed by atoms with van der Waals surface area (Å²) in [6.07, 6.45) is 3.96. The lowest BCUT2D eigenvalue weighted by atomic mass is 9.50. The van der Waals surface area contributed by atoms with Crippen molar-refractivity contribution in [3.8, 4) is 5.75 Å².